The zero-order chi connectivity index (χ0) is 11.9. The van der Waals surface area contributed by atoms with Crippen molar-refractivity contribution in [3.8, 4) is 23.7 Å². The standard InChI is InChI=1S/C16H9Br/c17-16-12-6-11-15(13-16)10-5-4-9-14-7-2-1-3-8-14/h1-3,6-8,11-13H. The van der Waals surface area contributed by atoms with Gasteiger partial charge in [-0.1, -0.05) is 52.0 Å². The molecule has 0 fully saturated rings. The third-order valence-corrected chi connectivity index (χ3v) is 2.57. The molecule has 2 rings (SSSR count). The molecule has 0 aliphatic carbocycles. The zero-order valence-electron chi connectivity index (χ0n) is 9.07. The second-order valence-electron chi connectivity index (χ2n) is 3.38. The van der Waals surface area contributed by atoms with Crippen LogP contribution < -0.4 is 0 Å². The molecule has 0 aromatic heterocycles. The summed E-state index contributed by atoms with van der Waals surface area (Å²) in [5.74, 6) is 11.7. The van der Waals surface area contributed by atoms with Crippen LogP contribution in [0, 0.1) is 23.7 Å². The smallest absolute Gasteiger partial charge is 0.0266 e. The summed E-state index contributed by atoms with van der Waals surface area (Å²) in [6, 6.07) is 17.7. The van der Waals surface area contributed by atoms with Crippen LogP contribution in [0.15, 0.2) is 59.1 Å². The number of hydrogen-bond acceptors (Lipinski definition) is 0. The Balaban J connectivity index is 2.12. The van der Waals surface area contributed by atoms with Crippen molar-refractivity contribution in [1.82, 2.24) is 0 Å². The van der Waals surface area contributed by atoms with E-state index in [1.54, 1.807) is 0 Å². The third kappa shape index (κ3) is 3.83. The topological polar surface area (TPSA) is 0 Å². The summed E-state index contributed by atoms with van der Waals surface area (Å²) in [5.41, 5.74) is 1.94. The van der Waals surface area contributed by atoms with Crippen LogP contribution in [0.3, 0.4) is 0 Å². The van der Waals surface area contributed by atoms with Crippen molar-refractivity contribution in [2.24, 2.45) is 0 Å². The maximum Gasteiger partial charge on any atom is 0.0266 e. The van der Waals surface area contributed by atoms with Crippen LogP contribution in [0.25, 0.3) is 0 Å². The Morgan fingerprint density at radius 2 is 1.35 bits per heavy atom. The van der Waals surface area contributed by atoms with E-state index in [1.165, 1.54) is 0 Å². The van der Waals surface area contributed by atoms with Crippen LogP contribution >= 0.6 is 15.9 Å². The molecule has 2 aromatic rings. The fourth-order valence-corrected chi connectivity index (χ4v) is 1.69. The number of hydrogen-bond donors (Lipinski definition) is 0. The van der Waals surface area contributed by atoms with Gasteiger partial charge < -0.3 is 0 Å². The Hall–Kier alpha value is -1.96. The average Bonchev–Trinajstić information content (AvgIpc) is 2.36. The molecule has 0 bridgehead atoms. The zero-order valence-corrected chi connectivity index (χ0v) is 10.7. The molecular weight excluding hydrogens is 272 g/mol. The minimum Gasteiger partial charge on any atom is -0.0622 e. The van der Waals surface area contributed by atoms with Gasteiger partial charge >= 0.3 is 0 Å². The second-order valence-corrected chi connectivity index (χ2v) is 4.29. The van der Waals surface area contributed by atoms with Crippen molar-refractivity contribution in [3.63, 3.8) is 0 Å². The van der Waals surface area contributed by atoms with Crippen LogP contribution in [0.4, 0.5) is 0 Å². The number of halogens is 1. The molecule has 80 valence electrons. The molecule has 17 heavy (non-hydrogen) atoms. The predicted molar refractivity (Wildman–Crippen MR) is 74.3 cm³/mol. The quantitative estimate of drug-likeness (QED) is 0.643. The summed E-state index contributed by atoms with van der Waals surface area (Å²) < 4.78 is 1.03. The Kier molecular flexibility index (Phi) is 4.03. The second kappa shape index (κ2) is 5.94. The molecule has 0 aliphatic heterocycles. The van der Waals surface area contributed by atoms with Gasteiger partial charge in [-0.15, -0.1) is 0 Å². The highest BCUT2D eigenvalue weighted by Gasteiger charge is 1.86. The van der Waals surface area contributed by atoms with Crippen molar-refractivity contribution in [1.29, 1.82) is 0 Å². The van der Waals surface area contributed by atoms with Crippen molar-refractivity contribution < 1.29 is 0 Å². The Morgan fingerprint density at radius 3 is 2.06 bits per heavy atom. The molecule has 2 aromatic carbocycles. The van der Waals surface area contributed by atoms with E-state index in [4.69, 9.17) is 0 Å². The molecule has 0 radical (unpaired) electrons. The lowest BCUT2D eigenvalue weighted by atomic mass is 10.2. The lowest BCUT2D eigenvalue weighted by Gasteiger charge is -1.89. The molecule has 0 heterocycles. The highest BCUT2D eigenvalue weighted by Crippen LogP contribution is 2.10. The van der Waals surface area contributed by atoms with Gasteiger partial charge in [0.05, 0.1) is 0 Å². The fourth-order valence-electron chi connectivity index (χ4n) is 1.29. The molecule has 0 unspecified atom stereocenters. The largest absolute Gasteiger partial charge is 0.0622 e. The normalized spacial score (nSPS) is 8.53. The highest BCUT2D eigenvalue weighted by molar-refractivity contribution is 9.10. The number of rotatable bonds is 0. The average molecular weight is 281 g/mol. The van der Waals surface area contributed by atoms with Gasteiger partial charge in [-0.25, -0.2) is 0 Å². The van der Waals surface area contributed by atoms with E-state index in [2.05, 4.69) is 39.6 Å². The summed E-state index contributed by atoms with van der Waals surface area (Å²) in [6.07, 6.45) is 0. The van der Waals surface area contributed by atoms with E-state index < -0.39 is 0 Å². The van der Waals surface area contributed by atoms with E-state index in [-0.39, 0.29) is 0 Å². The molecule has 0 amide bonds. The molecule has 0 aliphatic rings. The Morgan fingerprint density at radius 1 is 0.706 bits per heavy atom. The van der Waals surface area contributed by atoms with Crippen LogP contribution in [0.2, 0.25) is 0 Å². The van der Waals surface area contributed by atoms with Gasteiger partial charge in [0.25, 0.3) is 0 Å². The van der Waals surface area contributed by atoms with Gasteiger partial charge in [-0.2, -0.15) is 0 Å². The van der Waals surface area contributed by atoms with Gasteiger partial charge in [0, 0.05) is 15.6 Å². The van der Waals surface area contributed by atoms with E-state index in [1.807, 2.05) is 54.6 Å². The molecule has 0 N–H and O–H groups in total. The fraction of sp³-hybridized carbons (Fsp3) is 0. The Labute approximate surface area is 110 Å². The predicted octanol–water partition coefficient (Wildman–Crippen LogP) is 3.85. The molecule has 0 spiro atoms. The lowest BCUT2D eigenvalue weighted by Crippen LogP contribution is -1.72. The van der Waals surface area contributed by atoms with Gasteiger partial charge in [0.15, 0.2) is 0 Å². The van der Waals surface area contributed by atoms with Gasteiger partial charge in [0.2, 0.25) is 0 Å². The maximum absolute atomic E-state index is 3.40. The van der Waals surface area contributed by atoms with Crippen LogP contribution in [0.1, 0.15) is 11.1 Å². The van der Waals surface area contributed by atoms with Crippen LogP contribution in [-0.2, 0) is 0 Å². The minimum atomic E-state index is 0.960. The first-order valence-electron chi connectivity index (χ1n) is 5.17. The van der Waals surface area contributed by atoms with Gasteiger partial charge in [0.1, 0.15) is 0 Å². The summed E-state index contributed by atoms with van der Waals surface area (Å²) >= 11 is 3.40. The highest BCUT2D eigenvalue weighted by atomic mass is 79.9. The number of benzene rings is 2. The molecular formula is C16H9Br. The molecule has 0 saturated carbocycles. The minimum absolute atomic E-state index is 0.960. The maximum atomic E-state index is 3.40. The monoisotopic (exact) mass is 280 g/mol. The lowest BCUT2D eigenvalue weighted by molar-refractivity contribution is 1.60. The van der Waals surface area contributed by atoms with Gasteiger partial charge in [-0.05, 0) is 42.2 Å². The summed E-state index contributed by atoms with van der Waals surface area (Å²) in [6.45, 7) is 0. The van der Waals surface area contributed by atoms with E-state index in [0.717, 1.165) is 15.6 Å². The molecule has 0 saturated heterocycles. The summed E-state index contributed by atoms with van der Waals surface area (Å²) in [7, 11) is 0. The Bertz CT molecular complexity index is 619. The van der Waals surface area contributed by atoms with Crippen molar-refractivity contribution >= 4 is 15.9 Å². The van der Waals surface area contributed by atoms with E-state index in [9.17, 15) is 0 Å². The molecule has 0 nitrogen and oxygen atoms in total. The first kappa shape index (κ1) is 11.5. The summed E-state index contributed by atoms with van der Waals surface area (Å²) in [4.78, 5) is 0. The van der Waals surface area contributed by atoms with E-state index >= 15 is 0 Å². The third-order valence-electron chi connectivity index (χ3n) is 2.07. The van der Waals surface area contributed by atoms with Crippen molar-refractivity contribution in [2.75, 3.05) is 0 Å². The van der Waals surface area contributed by atoms with Crippen molar-refractivity contribution in [3.05, 3.63) is 70.2 Å². The summed E-state index contributed by atoms with van der Waals surface area (Å²) in [5, 5.41) is 0. The first-order valence-corrected chi connectivity index (χ1v) is 5.96. The van der Waals surface area contributed by atoms with Gasteiger partial charge in [-0.3, -0.25) is 0 Å². The van der Waals surface area contributed by atoms with Crippen LogP contribution in [0.5, 0.6) is 0 Å². The first-order chi connectivity index (χ1) is 8.34. The molecule has 1 heteroatoms. The van der Waals surface area contributed by atoms with Crippen molar-refractivity contribution in [2.45, 2.75) is 0 Å². The van der Waals surface area contributed by atoms with E-state index in [0.29, 0.717) is 0 Å². The molecule has 0 atom stereocenters. The SMILES string of the molecule is Brc1cccc(C#CC#Cc2ccccc2)c1. The van der Waals surface area contributed by atoms with Crippen LogP contribution in [-0.4, -0.2) is 0 Å².